The van der Waals surface area contributed by atoms with Crippen LogP contribution in [0.5, 0.6) is 0 Å². The minimum atomic E-state index is 0.770. The number of thiazole rings is 1. The molecule has 0 aliphatic carbocycles. The Balaban J connectivity index is 2.38. The van der Waals surface area contributed by atoms with E-state index >= 15 is 0 Å². The van der Waals surface area contributed by atoms with Crippen LogP contribution in [0.3, 0.4) is 0 Å². The number of nitrogens with zero attached hydrogens (tertiary/aromatic N) is 3. The Kier molecular flexibility index (Phi) is 2.18. The summed E-state index contributed by atoms with van der Waals surface area (Å²) in [6.07, 6.45) is 3.44. The van der Waals surface area contributed by atoms with Crippen molar-refractivity contribution in [2.24, 2.45) is 5.10 Å². The molecule has 0 aromatic carbocycles. The second-order valence-electron chi connectivity index (χ2n) is 2.35. The van der Waals surface area contributed by atoms with E-state index in [0.717, 1.165) is 15.5 Å². The molecule has 0 radical (unpaired) electrons. The van der Waals surface area contributed by atoms with Gasteiger partial charge in [-0.3, -0.25) is 5.43 Å². The maximum Gasteiger partial charge on any atom is 0.205 e. The van der Waals surface area contributed by atoms with Gasteiger partial charge in [-0.05, 0) is 19.1 Å². The molecule has 0 amide bonds. The van der Waals surface area contributed by atoms with Crippen LogP contribution in [0.15, 0.2) is 23.4 Å². The summed E-state index contributed by atoms with van der Waals surface area (Å²) in [7, 11) is 0. The van der Waals surface area contributed by atoms with Gasteiger partial charge in [0.15, 0.2) is 0 Å². The number of fused-ring (bicyclic) bond motifs is 1. The molecule has 13 heavy (non-hydrogen) atoms. The predicted octanol–water partition coefficient (Wildman–Crippen LogP) is 2.11. The molecule has 66 valence electrons. The first kappa shape index (κ1) is 8.12. The average Bonchev–Trinajstić information content (AvgIpc) is 2.57. The lowest BCUT2D eigenvalue weighted by Crippen LogP contribution is -1.85. The average molecular weight is 192 g/mol. The quantitative estimate of drug-likeness (QED) is 0.585. The number of hydrogen-bond donors (Lipinski definition) is 1. The molecular formula is C8H8N4S. The zero-order valence-corrected chi connectivity index (χ0v) is 7.88. The Labute approximate surface area is 79.3 Å². The molecule has 5 heteroatoms. The van der Waals surface area contributed by atoms with Gasteiger partial charge < -0.3 is 0 Å². The summed E-state index contributed by atoms with van der Waals surface area (Å²) in [5.41, 5.74) is 3.72. The van der Waals surface area contributed by atoms with Gasteiger partial charge in [0.1, 0.15) is 10.3 Å². The SMILES string of the molecule is C/C=N/Nc1nc2cccnc2s1. The Morgan fingerprint density at radius 3 is 3.31 bits per heavy atom. The van der Waals surface area contributed by atoms with E-state index in [1.165, 1.54) is 11.3 Å². The Morgan fingerprint density at radius 1 is 1.62 bits per heavy atom. The summed E-state index contributed by atoms with van der Waals surface area (Å²) in [5, 5.41) is 4.65. The maximum atomic E-state index is 4.28. The summed E-state index contributed by atoms with van der Waals surface area (Å²) in [5.74, 6) is 0. The molecule has 0 spiro atoms. The van der Waals surface area contributed by atoms with Gasteiger partial charge in [-0.2, -0.15) is 5.10 Å². The van der Waals surface area contributed by atoms with Crippen molar-refractivity contribution in [1.82, 2.24) is 9.97 Å². The lowest BCUT2D eigenvalue weighted by molar-refractivity contribution is 1.30. The topological polar surface area (TPSA) is 50.2 Å². The Bertz CT molecular complexity index is 401. The van der Waals surface area contributed by atoms with E-state index in [4.69, 9.17) is 0 Å². The molecule has 0 fully saturated rings. The van der Waals surface area contributed by atoms with E-state index in [0.29, 0.717) is 0 Å². The molecule has 2 heterocycles. The number of anilines is 1. The van der Waals surface area contributed by atoms with Gasteiger partial charge in [-0.25, -0.2) is 9.97 Å². The van der Waals surface area contributed by atoms with Gasteiger partial charge >= 0.3 is 0 Å². The monoisotopic (exact) mass is 192 g/mol. The van der Waals surface area contributed by atoms with Crippen molar-refractivity contribution in [3.05, 3.63) is 18.3 Å². The molecule has 1 N–H and O–H groups in total. The molecule has 0 aliphatic rings. The van der Waals surface area contributed by atoms with E-state index < -0.39 is 0 Å². The predicted molar refractivity (Wildman–Crippen MR) is 55.2 cm³/mol. The molecule has 0 saturated carbocycles. The van der Waals surface area contributed by atoms with Crippen LogP contribution in [-0.4, -0.2) is 16.2 Å². The van der Waals surface area contributed by atoms with Crippen molar-refractivity contribution in [2.75, 3.05) is 5.43 Å². The maximum absolute atomic E-state index is 4.28. The van der Waals surface area contributed by atoms with Gasteiger partial charge in [0.2, 0.25) is 5.13 Å². The normalized spacial score (nSPS) is 11.2. The zero-order chi connectivity index (χ0) is 9.10. The van der Waals surface area contributed by atoms with Crippen molar-refractivity contribution in [1.29, 1.82) is 0 Å². The van der Waals surface area contributed by atoms with Crippen molar-refractivity contribution in [3.63, 3.8) is 0 Å². The number of hydrazone groups is 1. The van der Waals surface area contributed by atoms with E-state index in [2.05, 4.69) is 20.5 Å². The van der Waals surface area contributed by atoms with Crippen LogP contribution in [0.4, 0.5) is 5.13 Å². The molecule has 0 atom stereocenters. The largest absolute Gasteiger partial charge is 0.253 e. The third-order valence-corrected chi connectivity index (χ3v) is 2.34. The fraction of sp³-hybridized carbons (Fsp3) is 0.125. The standard InChI is InChI=1S/C8H8N4S/c1-2-10-12-8-11-6-4-3-5-9-7(6)13-8/h2-5H,1H3,(H,11,12)/b10-2+. The Morgan fingerprint density at radius 2 is 2.54 bits per heavy atom. The van der Waals surface area contributed by atoms with Gasteiger partial charge in [0.05, 0.1) is 0 Å². The van der Waals surface area contributed by atoms with Crippen LogP contribution in [0.1, 0.15) is 6.92 Å². The van der Waals surface area contributed by atoms with Gasteiger partial charge in [0.25, 0.3) is 0 Å². The fourth-order valence-corrected chi connectivity index (χ4v) is 1.69. The molecule has 0 saturated heterocycles. The molecule has 0 aliphatic heterocycles. The van der Waals surface area contributed by atoms with E-state index in [9.17, 15) is 0 Å². The summed E-state index contributed by atoms with van der Waals surface area (Å²) >= 11 is 1.49. The molecule has 2 aromatic rings. The fourth-order valence-electron chi connectivity index (χ4n) is 0.937. The molecule has 2 rings (SSSR count). The van der Waals surface area contributed by atoms with Crippen LogP contribution in [-0.2, 0) is 0 Å². The molecule has 4 nitrogen and oxygen atoms in total. The number of pyridine rings is 1. The number of aromatic nitrogens is 2. The molecule has 0 bridgehead atoms. The first-order valence-electron chi connectivity index (χ1n) is 3.85. The van der Waals surface area contributed by atoms with E-state index in [1.54, 1.807) is 12.4 Å². The zero-order valence-electron chi connectivity index (χ0n) is 7.06. The number of rotatable bonds is 2. The van der Waals surface area contributed by atoms with E-state index in [1.807, 2.05) is 19.1 Å². The highest BCUT2D eigenvalue weighted by Crippen LogP contribution is 2.22. The Hall–Kier alpha value is -1.49. The molecular weight excluding hydrogens is 184 g/mol. The summed E-state index contributed by atoms with van der Waals surface area (Å²) < 4.78 is 0. The van der Waals surface area contributed by atoms with Gasteiger partial charge in [-0.1, -0.05) is 11.3 Å². The van der Waals surface area contributed by atoms with Gasteiger partial charge in [0, 0.05) is 12.4 Å². The van der Waals surface area contributed by atoms with Crippen LogP contribution in [0.2, 0.25) is 0 Å². The third kappa shape index (κ3) is 1.65. The van der Waals surface area contributed by atoms with Crippen LogP contribution < -0.4 is 5.43 Å². The highest BCUT2D eigenvalue weighted by molar-refractivity contribution is 7.21. The lowest BCUT2D eigenvalue weighted by atomic mass is 10.5. The number of nitrogens with one attached hydrogen (secondary N) is 1. The van der Waals surface area contributed by atoms with Crippen LogP contribution >= 0.6 is 11.3 Å². The first-order chi connectivity index (χ1) is 6.40. The number of hydrogen-bond acceptors (Lipinski definition) is 5. The van der Waals surface area contributed by atoms with Crippen LogP contribution in [0, 0.1) is 0 Å². The van der Waals surface area contributed by atoms with Crippen molar-refractivity contribution >= 4 is 33.0 Å². The second kappa shape index (κ2) is 3.49. The van der Waals surface area contributed by atoms with Gasteiger partial charge in [-0.15, -0.1) is 0 Å². The third-order valence-electron chi connectivity index (χ3n) is 1.46. The van der Waals surface area contributed by atoms with Crippen molar-refractivity contribution < 1.29 is 0 Å². The second-order valence-corrected chi connectivity index (χ2v) is 3.32. The molecule has 2 aromatic heterocycles. The molecule has 0 unspecified atom stereocenters. The van der Waals surface area contributed by atoms with E-state index in [-0.39, 0.29) is 0 Å². The lowest BCUT2D eigenvalue weighted by Gasteiger charge is -1.87. The minimum Gasteiger partial charge on any atom is -0.253 e. The van der Waals surface area contributed by atoms with Crippen molar-refractivity contribution in [2.45, 2.75) is 6.92 Å². The summed E-state index contributed by atoms with van der Waals surface area (Å²) in [6, 6.07) is 3.80. The highest BCUT2D eigenvalue weighted by atomic mass is 32.1. The minimum absolute atomic E-state index is 0.770. The smallest absolute Gasteiger partial charge is 0.205 e. The van der Waals surface area contributed by atoms with Crippen LogP contribution in [0.25, 0.3) is 10.3 Å². The summed E-state index contributed by atoms with van der Waals surface area (Å²) in [6.45, 7) is 1.85. The highest BCUT2D eigenvalue weighted by Gasteiger charge is 2.01. The van der Waals surface area contributed by atoms with Crippen molar-refractivity contribution in [3.8, 4) is 0 Å². The summed E-state index contributed by atoms with van der Waals surface area (Å²) in [4.78, 5) is 9.38. The first-order valence-corrected chi connectivity index (χ1v) is 4.67.